The van der Waals surface area contributed by atoms with Crippen molar-refractivity contribution in [3.05, 3.63) is 0 Å². The molecule has 1 spiro atoms. The van der Waals surface area contributed by atoms with Crippen LogP contribution in [0.15, 0.2) is 4.99 Å². The molecule has 7 heteroatoms. The first kappa shape index (κ1) is 21.7. The largest absolute Gasteiger partial charge is 0.466 e. The highest BCUT2D eigenvalue weighted by Crippen LogP contribution is 2.57. The van der Waals surface area contributed by atoms with Gasteiger partial charge in [-0.05, 0) is 46.0 Å². The molecule has 1 aliphatic heterocycles. The van der Waals surface area contributed by atoms with Crippen molar-refractivity contribution in [2.75, 3.05) is 33.4 Å². The van der Waals surface area contributed by atoms with Gasteiger partial charge in [-0.2, -0.15) is 0 Å². The van der Waals surface area contributed by atoms with E-state index in [2.05, 4.69) is 22.1 Å². The lowest BCUT2D eigenvalue weighted by atomic mass is 9.51. The van der Waals surface area contributed by atoms with Gasteiger partial charge in [0.15, 0.2) is 5.96 Å². The van der Waals surface area contributed by atoms with E-state index in [1.54, 1.807) is 0 Å². The van der Waals surface area contributed by atoms with E-state index in [0.29, 0.717) is 30.7 Å². The summed E-state index contributed by atoms with van der Waals surface area (Å²) in [5.41, 5.74) is 0.308. The van der Waals surface area contributed by atoms with Crippen LogP contribution in [0.5, 0.6) is 0 Å². The summed E-state index contributed by atoms with van der Waals surface area (Å²) < 4.78 is 11.2. The van der Waals surface area contributed by atoms with E-state index >= 15 is 0 Å². The molecule has 150 valence electrons. The highest BCUT2D eigenvalue weighted by Gasteiger charge is 2.59. The number of carbonyl (C=O) groups excluding carboxylic acids is 1. The second kappa shape index (κ2) is 9.57. The van der Waals surface area contributed by atoms with E-state index in [1.165, 1.54) is 19.3 Å². The molecule has 0 aromatic rings. The molecule has 0 aromatic carbocycles. The number of carbonyl (C=O) groups is 1. The van der Waals surface area contributed by atoms with Gasteiger partial charge in [0, 0.05) is 38.2 Å². The number of nitrogens with one attached hydrogen (secondary N) is 1. The van der Waals surface area contributed by atoms with E-state index < -0.39 is 0 Å². The van der Waals surface area contributed by atoms with Gasteiger partial charge in [-0.15, -0.1) is 24.0 Å². The minimum Gasteiger partial charge on any atom is -0.466 e. The van der Waals surface area contributed by atoms with Crippen molar-refractivity contribution in [1.82, 2.24) is 10.2 Å². The molecule has 0 amide bonds. The summed E-state index contributed by atoms with van der Waals surface area (Å²) in [7, 11) is 1.84. The average Bonchev–Trinajstić information content (AvgIpc) is 2.56. The topological polar surface area (TPSA) is 63.2 Å². The van der Waals surface area contributed by atoms with Crippen LogP contribution in [0.2, 0.25) is 0 Å². The number of guanidine groups is 1. The average molecular weight is 479 g/mol. The van der Waals surface area contributed by atoms with Crippen molar-refractivity contribution in [1.29, 1.82) is 0 Å². The first-order chi connectivity index (χ1) is 12.1. The highest BCUT2D eigenvalue weighted by atomic mass is 127. The third-order valence-corrected chi connectivity index (χ3v) is 6.29. The number of nitrogens with zero attached hydrogens (tertiary/aromatic N) is 2. The molecular weight excluding hydrogens is 445 g/mol. The number of halogens is 1. The molecule has 0 bridgehead atoms. The number of rotatable bonds is 5. The zero-order chi connectivity index (χ0) is 17.9. The Morgan fingerprint density at radius 3 is 2.62 bits per heavy atom. The molecule has 1 N–H and O–H groups in total. The molecule has 0 aromatic heterocycles. The highest BCUT2D eigenvalue weighted by molar-refractivity contribution is 14.0. The van der Waals surface area contributed by atoms with Crippen LogP contribution < -0.4 is 5.32 Å². The Kier molecular flexibility index (Phi) is 8.00. The Morgan fingerprint density at radius 1 is 1.27 bits per heavy atom. The van der Waals surface area contributed by atoms with Gasteiger partial charge < -0.3 is 19.7 Å². The van der Waals surface area contributed by atoms with E-state index in [0.717, 1.165) is 38.4 Å². The van der Waals surface area contributed by atoms with Gasteiger partial charge in [-0.25, -0.2) is 0 Å². The monoisotopic (exact) mass is 479 g/mol. The number of hydrogen-bond acceptors (Lipinski definition) is 4. The van der Waals surface area contributed by atoms with Crippen molar-refractivity contribution in [2.45, 2.75) is 64.5 Å². The minimum absolute atomic E-state index is 0. The summed E-state index contributed by atoms with van der Waals surface area (Å²) in [6.07, 6.45) is 7.16. The Morgan fingerprint density at radius 2 is 2.04 bits per heavy atom. The van der Waals surface area contributed by atoms with Crippen LogP contribution in [0.25, 0.3) is 0 Å². The third-order valence-electron chi connectivity index (χ3n) is 6.29. The number of likely N-dealkylation sites (tertiary alicyclic amines) is 1. The molecule has 0 radical (unpaired) electrons. The quantitative estimate of drug-likeness (QED) is 0.285. The molecule has 26 heavy (non-hydrogen) atoms. The van der Waals surface area contributed by atoms with Crippen molar-refractivity contribution in [3.8, 4) is 0 Å². The fourth-order valence-corrected chi connectivity index (χ4v) is 4.72. The van der Waals surface area contributed by atoms with Crippen LogP contribution in [0.1, 0.15) is 52.4 Å². The van der Waals surface area contributed by atoms with Gasteiger partial charge in [-0.3, -0.25) is 9.79 Å². The second-order valence-electron chi connectivity index (χ2n) is 7.55. The predicted molar refractivity (Wildman–Crippen MR) is 113 cm³/mol. The SMILES string of the molecule is CCOC(=O)C1CCCN(C(=NC)NC2CC(OCC)C23CCC3)C1.I. The predicted octanol–water partition coefficient (Wildman–Crippen LogP) is 2.80. The first-order valence-corrected chi connectivity index (χ1v) is 9.91. The molecule has 1 saturated heterocycles. The number of piperidine rings is 1. The zero-order valence-corrected chi connectivity index (χ0v) is 18.7. The van der Waals surface area contributed by atoms with Gasteiger partial charge in [0.1, 0.15) is 0 Å². The molecule has 3 rings (SSSR count). The number of aliphatic imine (C=N–C) groups is 1. The molecule has 2 aliphatic carbocycles. The summed E-state index contributed by atoms with van der Waals surface area (Å²) in [6, 6.07) is 0.444. The van der Waals surface area contributed by atoms with Crippen LogP contribution >= 0.6 is 24.0 Å². The van der Waals surface area contributed by atoms with Gasteiger partial charge in [0.25, 0.3) is 0 Å². The molecule has 2 saturated carbocycles. The lowest BCUT2D eigenvalue weighted by Crippen LogP contribution is -2.69. The minimum atomic E-state index is -0.0711. The number of hydrogen-bond donors (Lipinski definition) is 1. The Balaban J connectivity index is 0.00000243. The Hall–Kier alpha value is -0.570. The number of esters is 1. The van der Waals surface area contributed by atoms with Crippen molar-refractivity contribution in [2.24, 2.45) is 16.3 Å². The lowest BCUT2D eigenvalue weighted by Gasteiger charge is -2.61. The van der Waals surface area contributed by atoms with Gasteiger partial charge >= 0.3 is 5.97 Å². The molecule has 6 nitrogen and oxygen atoms in total. The van der Waals surface area contributed by atoms with E-state index in [4.69, 9.17) is 9.47 Å². The maximum Gasteiger partial charge on any atom is 0.310 e. The van der Waals surface area contributed by atoms with E-state index in [1.807, 2.05) is 14.0 Å². The second-order valence-corrected chi connectivity index (χ2v) is 7.55. The lowest BCUT2D eigenvalue weighted by molar-refractivity contribution is -0.169. The van der Waals surface area contributed by atoms with Gasteiger partial charge in [0.05, 0.1) is 18.6 Å². The van der Waals surface area contributed by atoms with Crippen LogP contribution in [-0.4, -0.2) is 62.3 Å². The van der Waals surface area contributed by atoms with Crippen LogP contribution in [0.3, 0.4) is 0 Å². The molecule has 3 atom stereocenters. The summed E-state index contributed by atoms with van der Waals surface area (Å²) in [4.78, 5) is 18.8. The maximum absolute atomic E-state index is 12.1. The third kappa shape index (κ3) is 4.13. The smallest absolute Gasteiger partial charge is 0.310 e. The summed E-state index contributed by atoms with van der Waals surface area (Å²) >= 11 is 0. The summed E-state index contributed by atoms with van der Waals surface area (Å²) in [5.74, 6) is 0.820. The van der Waals surface area contributed by atoms with Crippen LogP contribution in [0, 0.1) is 11.3 Å². The van der Waals surface area contributed by atoms with Crippen molar-refractivity contribution < 1.29 is 14.3 Å². The fraction of sp³-hybridized carbons (Fsp3) is 0.895. The van der Waals surface area contributed by atoms with E-state index in [-0.39, 0.29) is 35.9 Å². The number of ether oxygens (including phenoxy) is 2. The Bertz CT molecular complexity index is 510. The van der Waals surface area contributed by atoms with Gasteiger partial charge in [-0.1, -0.05) is 6.42 Å². The Labute approximate surface area is 174 Å². The normalized spacial score (nSPS) is 30.0. The van der Waals surface area contributed by atoms with Crippen molar-refractivity contribution >= 4 is 35.9 Å². The fourth-order valence-electron chi connectivity index (χ4n) is 4.72. The molecule has 1 heterocycles. The first-order valence-electron chi connectivity index (χ1n) is 9.91. The maximum atomic E-state index is 12.1. The summed E-state index contributed by atoms with van der Waals surface area (Å²) in [6.45, 7) is 6.84. The van der Waals surface area contributed by atoms with E-state index in [9.17, 15) is 4.79 Å². The van der Waals surface area contributed by atoms with Crippen molar-refractivity contribution in [3.63, 3.8) is 0 Å². The molecular formula is C19H34IN3O3. The molecule has 3 unspecified atom stereocenters. The summed E-state index contributed by atoms with van der Waals surface area (Å²) in [5, 5.41) is 3.69. The van der Waals surface area contributed by atoms with Gasteiger partial charge in [0.2, 0.25) is 0 Å². The standard InChI is InChI=1S/C19H33N3O3.HI/c1-4-24-16-12-15(19(16)9-7-10-19)21-18(20-3)22-11-6-8-14(13-22)17(23)25-5-2;/h14-16H,4-13H2,1-3H3,(H,20,21);1H. The molecule has 3 aliphatic rings. The zero-order valence-electron chi connectivity index (χ0n) is 16.3. The van der Waals surface area contributed by atoms with Crippen LogP contribution in [0.4, 0.5) is 0 Å². The van der Waals surface area contributed by atoms with Crippen LogP contribution in [-0.2, 0) is 14.3 Å². The molecule has 3 fully saturated rings.